The van der Waals surface area contributed by atoms with Crippen LogP contribution in [0, 0.1) is 5.82 Å². The number of rotatable bonds is 7. The summed E-state index contributed by atoms with van der Waals surface area (Å²) >= 11 is 0. The van der Waals surface area contributed by atoms with Gasteiger partial charge < -0.3 is 10.2 Å². The van der Waals surface area contributed by atoms with Crippen LogP contribution in [-0.4, -0.2) is 61.1 Å². The van der Waals surface area contributed by atoms with Crippen molar-refractivity contribution in [3.05, 3.63) is 65.0 Å². The van der Waals surface area contributed by atoms with Crippen LogP contribution in [0.15, 0.2) is 36.7 Å². The van der Waals surface area contributed by atoms with Gasteiger partial charge in [-0.15, -0.1) is 5.10 Å². The van der Waals surface area contributed by atoms with Crippen LogP contribution in [-0.2, 0) is 16.0 Å². The van der Waals surface area contributed by atoms with Crippen molar-refractivity contribution >= 4 is 11.8 Å². The minimum absolute atomic E-state index is 0.00358. The summed E-state index contributed by atoms with van der Waals surface area (Å²) in [6, 6.07) is 4.73. The van der Waals surface area contributed by atoms with Crippen LogP contribution in [0.2, 0.25) is 0 Å². The number of alkyl halides is 1. The molecule has 3 atom stereocenters. The van der Waals surface area contributed by atoms with Gasteiger partial charge >= 0.3 is 0 Å². The highest BCUT2D eigenvalue weighted by molar-refractivity contribution is 5.89. The third kappa shape index (κ3) is 4.91. The minimum Gasteiger partial charge on any atom is -0.342 e. The summed E-state index contributed by atoms with van der Waals surface area (Å²) in [5.41, 5.74) is 2.08. The lowest BCUT2D eigenvalue weighted by atomic mass is 9.96. The van der Waals surface area contributed by atoms with Gasteiger partial charge in [0, 0.05) is 12.6 Å². The molecule has 0 spiro atoms. The Kier molecular flexibility index (Phi) is 6.47. The van der Waals surface area contributed by atoms with E-state index in [2.05, 4.69) is 30.9 Å². The molecule has 0 aliphatic carbocycles. The molecule has 2 amide bonds. The molecule has 3 heterocycles. The van der Waals surface area contributed by atoms with Crippen LogP contribution in [0.4, 0.5) is 8.78 Å². The van der Waals surface area contributed by atoms with Crippen molar-refractivity contribution in [2.24, 2.45) is 0 Å². The quantitative estimate of drug-likeness (QED) is 0.502. The Labute approximate surface area is 189 Å². The molecule has 1 saturated heterocycles. The lowest BCUT2D eigenvalue weighted by Crippen LogP contribution is -2.47. The Hall–Kier alpha value is -3.63. The molecule has 3 unspecified atom stereocenters. The molecule has 174 valence electrons. The summed E-state index contributed by atoms with van der Waals surface area (Å²) in [7, 11) is 0. The molecule has 1 fully saturated rings. The highest BCUT2D eigenvalue weighted by Gasteiger charge is 2.40. The number of carbonyl (C=O) groups is 2. The van der Waals surface area contributed by atoms with Crippen molar-refractivity contribution in [2.75, 3.05) is 6.54 Å². The molecule has 0 radical (unpaired) electrons. The fourth-order valence-electron chi connectivity index (χ4n) is 4.08. The van der Waals surface area contributed by atoms with E-state index < -0.39 is 30.1 Å². The first-order valence-electron chi connectivity index (χ1n) is 10.7. The average Bonchev–Trinajstić information content (AvgIpc) is 3.53. The number of H-pyrrole nitrogens is 2. The second kappa shape index (κ2) is 9.47. The van der Waals surface area contributed by atoms with Gasteiger partial charge in [-0.2, -0.15) is 5.10 Å². The van der Waals surface area contributed by atoms with Crippen LogP contribution in [0.25, 0.3) is 0 Å². The van der Waals surface area contributed by atoms with E-state index in [0.29, 0.717) is 22.5 Å². The van der Waals surface area contributed by atoms with E-state index in [1.807, 2.05) is 13.8 Å². The monoisotopic (exact) mass is 457 g/mol. The van der Waals surface area contributed by atoms with Gasteiger partial charge in [-0.25, -0.2) is 8.78 Å². The number of amides is 2. The van der Waals surface area contributed by atoms with Crippen LogP contribution >= 0.6 is 0 Å². The molecule has 2 aromatic heterocycles. The van der Waals surface area contributed by atoms with Gasteiger partial charge in [0.25, 0.3) is 0 Å². The Balaban J connectivity index is 1.56. The van der Waals surface area contributed by atoms with Crippen LogP contribution < -0.4 is 5.32 Å². The summed E-state index contributed by atoms with van der Waals surface area (Å²) in [6.45, 7) is 3.61. The molecule has 0 bridgehead atoms. The number of halogens is 2. The first-order valence-corrected chi connectivity index (χ1v) is 10.7. The second-order valence-corrected chi connectivity index (χ2v) is 8.44. The lowest BCUT2D eigenvalue weighted by molar-refractivity contribution is -0.138. The van der Waals surface area contributed by atoms with Gasteiger partial charge in [-0.3, -0.25) is 19.8 Å². The third-order valence-corrected chi connectivity index (χ3v) is 5.78. The van der Waals surface area contributed by atoms with E-state index in [9.17, 15) is 18.4 Å². The van der Waals surface area contributed by atoms with E-state index in [0.717, 1.165) is 0 Å². The average molecular weight is 457 g/mol. The summed E-state index contributed by atoms with van der Waals surface area (Å²) in [4.78, 5) is 27.2. The van der Waals surface area contributed by atoms with Gasteiger partial charge in [0.15, 0.2) is 0 Å². The maximum Gasteiger partial charge on any atom is 0.243 e. The fourth-order valence-corrected chi connectivity index (χ4v) is 4.08. The Morgan fingerprint density at radius 3 is 2.73 bits per heavy atom. The van der Waals surface area contributed by atoms with Crippen LogP contribution in [0.5, 0.6) is 0 Å². The van der Waals surface area contributed by atoms with Gasteiger partial charge in [-0.1, -0.05) is 31.2 Å². The number of hydrogen-bond donors (Lipinski definition) is 3. The van der Waals surface area contributed by atoms with Gasteiger partial charge in [0.1, 0.15) is 18.0 Å². The van der Waals surface area contributed by atoms with Crippen LogP contribution in [0.3, 0.4) is 0 Å². The zero-order valence-electron chi connectivity index (χ0n) is 18.3. The third-order valence-electron chi connectivity index (χ3n) is 5.78. The molecule has 3 N–H and O–H groups in total. The van der Waals surface area contributed by atoms with Gasteiger partial charge in [-0.05, 0) is 29.2 Å². The molecule has 1 aromatic carbocycles. The maximum absolute atomic E-state index is 14.7. The summed E-state index contributed by atoms with van der Waals surface area (Å²) < 4.78 is 28.9. The van der Waals surface area contributed by atoms with Crippen LogP contribution in [0.1, 0.15) is 54.7 Å². The van der Waals surface area contributed by atoms with Crippen molar-refractivity contribution in [1.29, 1.82) is 0 Å². The molecule has 4 rings (SSSR count). The summed E-state index contributed by atoms with van der Waals surface area (Å²) in [5, 5.41) is 19.3. The number of aromatic amines is 2. The van der Waals surface area contributed by atoms with Crippen molar-refractivity contribution in [1.82, 2.24) is 35.8 Å². The number of likely N-dealkylation sites (tertiary alicyclic amines) is 1. The van der Waals surface area contributed by atoms with Crippen molar-refractivity contribution in [3.8, 4) is 0 Å². The predicted molar refractivity (Wildman–Crippen MR) is 114 cm³/mol. The maximum atomic E-state index is 14.7. The molecular formula is C22H25F2N7O2. The summed E-state index contributed by atoms with van der Waals surface area (Å²) in [6.07, 6.45) is 1.41. The molecular weight excluding hydrogens is 432 g/mol. The SMILES string of the molecule is CC(C)c1ccc(C(NC(=O)C2CC(F)CN2C(=O)Cc2cnn[nH]2)c2ccn[nH]2)cc1F. The number of nitrogens with zero attached hydrogens (tertiary/aromatic N) is 4. The molecule has 11 heteroatoms. The Morgan fingerprint density at radius 1 is 1.27 bits per heavy atom. The highest BCUT2D eigenvalue weighted by Crippen LogP contribution is 2.27. The first kappa shape index (κ1) is 22.6. The number of aromatic nitrogens is 5. The summed E-state index contributed by atoms with van der Waals surface area (Å²) in [5.74, 6) is -1.31. The number of benzene rings is 1. The standard InChI is InChI=1S/C22H25F2N7O2/c1-12(2)16-4-3-13(7-17(16)24)21(18-5-6-25-29-18)27-22(33)19-8-14(23)11-31(19)20(32)9-15-10-26-30-28-15/h3-7,10,12,14,19,21H,8-9,11H2,1-2H3,(H,25,29)(H,27,33)(H,26,28,30). The van der Waals surface area contributed by atoms with E-state index in [1.165, 1.54) is 23.4 Å². The second-order valence-electron chi connectivity index (χ2n) is 8.44. The molecule has 1 aliphatic heterocycles. The lowest BCUT2D eigenvalue weighted by Gasteiger charge is -2.26. The number of hydrogen-bond acceptors (Lipinski definition) is 5. The number of carbonyl (C=O) groups excluding carboxylic acids is 2. The molecule has 3 aromatic rings. The minimum atomic E-state index is -1.32. The normalized spacial score (nSPS) is 19.1. The topological polar surface area (TPSA) is 120 Å². The Bertz CT molecular complexity index is 1100. The van der Waals surface area contributed by atoms with E-state index in [-0.39, 0.29) is 31.1 Å². The van der Waals surface area contributed by atoms with Crippen molar-refractivity contribution in [2.45, 2.75) is 50.9 Å². The van der Waals surface area contributed by atoms with Gasteiger partial charge in [0.2, 0.25) is 11.8 Å². The zero-order valence-corrected chi connectivity index (χ0v) is 18.3. The van der Waals surface area contributed by atoms with E-state index in [4.69, 9.17) is 0 Å². The van der Waals surface area contributed by atoms with E-state index in [1.54, 1.807) is 18.2 Å². The highest BCUT2D eigenvalue weighted by atomic mass is 19.1. The fraction of sp³-hybridized carbons (Fsp3) is 0.409. The molecule has 1 aliphatic rings. The molecule has 0 saturated carbocycles. The Morgan fingerprint density at radius 2 is 2.09 bits per heavy atom. The molecule has 33 heavy (non-hydrogen) atoms. The first-order chi connectivity index (χ1) is 15.8. The number of nitrogens with one attached hydrogen (secondary N) is 3. The molecule has 9 nitrogen and oxygen atoms in total. The predicted octanol–water partition coefficient (Wildman–Crippen LogP) is 2.18. The zero-order chi connectivity index (χ0) is 23.5. The van der Waals surface area contributed by atoms with Gasteiger partial charge in [0.05, 0.1) is 36.6 Å². The van der Waals surface area contributed by atoms with E-state index >= 15 is 0 Å². The van der Waals surface area contributed by atoms with Crippen molar-refractivity contribution < 1.29 is 18.4 Å². The van der Waals surface area contributed by atoms with Crippen molar-refractivity contribution in [3.63, 3.8) is 0 Å². The largest absolute Gasteiger partial charge is 0.342 e. The smallest absolute Gasteiger partial charge is 0.243 e.